The van der Waals surface area contributed by atoms with Crippen LogP contribution in [0.5, 0.6) is 0 Å². The first-order chi connectivity index (χ1) is 11.8. The predicted molar refractivity (Wildman–Crippen MR) is 111 cm³/mol. The van der Waals surface area contributed by atoms with E-state index in [2.05, 4.69) is 39.2 Å². The van der Waals surface area contributed by atoms with E-state index in [0.29, 0.717) is 13.0 Å². The molecule has 0 radical (unpaired) electrons. The second-order valence-corrected chi connectivity index (χ2v) is 15.8. The third-order valence-corrected chi connectivity index (χ3v) is 9.49. The van der Waals surface area contributed by atoms with Crippen molar-refractivity contribution in [2.24, 2.45) is 0 Å². The molecule has 1 aliphatic heterocycles. The zero-order valence-electron chi connectivity index (χ0n) is 19.1. The van der Waals surface area contributed by atoms with Gasteiger partial charge in [-0.15, -0.1) is 0 Å². The molecule has 1 N–H and O–H groups in total. The Morgan fingerprint density at radius 2 is 1.52 bits per heavy atom. The molecule has 1 heterocycles. The summed E-state index contributed by atoms with van der Waals surface area (Å²) < 4.78 is 12.1. The van der Waals surface area contributed by atoms with Crippen molar-refractivity contribution in [1.29, 1.82) is 0 Å². The molecule has 0 bridgehead atoms. The van der Waals surface area contributed by atoms with Crippen molar-refractivity contribution >= 4 is 20.3 Å². The zero-order valence-corrected chi connectivity index (χ0v) is 20.1. The Bertz CT molecular complexity index is 556. The van der Waals surface area contributed by atoms with Crippen molar-refractivity contribution in [3.63, 3.8) is 0 Å². The molecule has 6 nitrogen and oxygen atoms in total. The highest BCUT2D eigenvalue weighted by Gasteiger charge is 2.49. The van der Waals surface area contributed by atoms with Crippen LogP contribution in [-0.2, 0) is 14.0 Å². The molecule has 2 amide bonds. The number of carbonyl (C=O) groups is 2. The van der Waals surface area contributed by atoms with E-state index < -0.39 is 26.1 Å². The summed E-state index contributed by atoms with van der Waals surface area (Å²) in [4.78, 5) is 27.3. The van der Waals surface area contributed by atoms with E-state index in [4.69, 9.17) is 9.16 Å². The number of amides is 2. The van der Waals surface area contributed by atoms with Crippen LogP contribution in [0.2, 0.25) is 18.1 Å². The van der Waals surface area contributed by atoms with Crippen LogP contribution >= 0.6 is 0 Å². The molecule has 1 rings (SSSR count). The van der Waals surface area contributed by atoms with Gasteiger partial charge in [0.2, 0.25) is 5.91 Å². The minimum Gasteiger partial charge on any atom is -0.444 e. The SMILES string of the molecule is CC(C)(C)NC(=O)[C@@H]1[C@H](O[Si](C)(C)C(C)(C)C)CCN1C(=O)OC(C)(C)C. The Morgan fingerprint density at radius 1 is 1.00 bits per heavy atom. The Kier molecular flexibility index (Phi) is 6.87. The van der Waals surface area contributed by atoms with Crippen molar-refractivity contribution in [3.8, 4) is 0 Å². The third kappa shape index (κ3) is 6.78. The normalized spacial score (nSPS) is 22.0. The molecule has 1 saturated heterocycles. The highest BCUT2D eigenvalue weighted by atomic mass is 28.4. The van der Waals surface area contributed by atoms with Crippen LogP contribution in [0.1, 0.15) is 68.7 Å². The van der Waals surface area contributed by atoms with E-state index in [-0.39, 0.29) is 22.6 Å². The summed E-state index contributed by atoms with van der Waals surface area (Å²) in [6.07, 6.45) is -0.146. The highest BCUT2D eigenvalue weighted by Crippen LogP contribution is 2.39. The van der Waals surface area contributed by atoms with Crippen molar-refractivity contribution < 1.29 is 18.8 Å². The Morgan fingerprint density at radius 3 is 1.93 bits per heavy atom. The number of nitrogens with one attached hydrogen (secondary N) is 1. The lowest BCUT2D eigenvalue weighted by molar-refractivity contribution is -0.129. The molecule has 0 spiro atoms. The lowest BCUT2D eigenvalue weighted by Gasteiger charge is -2.40. The van der Waals surface area contributed by atoms with Crippen LogP contribution < -0.4 is 5.32 Å². The number of nitrogens with zero attached hydrogens (tertiary/aromatic N) is 1. The van der Waals surface area contributed by atoms with Gasteiger partial charge in [0.05, 0.1) is 6.10 Å². The fourth-order valence-electron chi connectivity index (χ4n) is 2.72. The average molecular weight is 401 g/mol. The Hall–Kier alpha value is -1.08. The van der Waals surface area contributed by atoms with E-state index in [1.54, 1.807) is 0 Å². The fraction of sp³-hybridized carbons (Fsp3) is 0.900. The maximum absolute atomic E-state index is 13.1. The summed E-state index contributed by atoms with van der Waals surface area (Å²) in [5, 5.41) is 3.04. The van der Waals surface area contributed by atoms with E-state index in [1.807, 2.05) is 41.5 Å². The first kappa shape index (κ1) is 24.0. The molecule has 0 aromatic rings. The Labute approximate surface area is 166 Å². The molecule has 0 aliphatic carbocycles. The molecule has 0 saturated carbocycles. The first-order valence-corrected chi connectivity index (χ1v) is 12.7. The van der Waals surface area contributed by atoms with Crippen molar-refractivity contribution in [3.05, 3.63) is 0 Å². The molecular weight excluding hydrogens is 360 g/mol. The van der Waals surface area contributed by atoms with E-state index in [9.17, 15) is 9.59 Å². The van der Waals surface area contributed by atoms with Crippen LogP contribution in [0.3, 0.4) is 0 Å². The smallest absolute Gasteiger partial charge is 0.411 e. The largest absolute Gasteiger partial charge is 0.444 e. The maximum atomic E-state index is 13.1. The van der Waals surface area contributed by atoms with Gasteiger partial charge >= 0.3 is 6.09 Å². The number of ether oxygens (including phenoxy) is 1. The van der Waals surface area contributed by atoms with Crippen LogP contribution in [0, 0.1) is 0 Å². The van der Waals surface area contributed by atoms with E-state index in [0.717, 1.165) is 0 Å². The van der Waals surface area contributed by atoms with Gasteiger partial charge in [0.25, 0.3) is 0 Å². The second kappa shape index (κ2) is 7.74. The molecule has 0 aromatic carbocycles. The number of rotatable bonds is 3. The predicted octanol–water partition coefficient (Wildman–Crippen LogP) is 4.30. The lowest BCUT2D eigenvalue weighted by atomic mass is 10.1. The zero-order chi connectivity index (χ0) is 21.4. The maximum Gasteiger partial charge on any atom is 0.411 e. The van der Waals surface area contributed by atoms with Crippen LogP contribution in [0.25, 0.3) is 0 Å². The minimum absolute atomic E-state index is 0.0252. The number of hydrogen-bond acceptors (Lipinski definition) is 4. The molecule has 0 unspecified atom stereocenters. The summed E-state index contributed by atoms with van der Waals surface area (Å²) in [5.41, 5.74) is -0.999. The van der Waals surface area contributed by atoms with Crippen molar-refractivity contribution in [2.75, 3.05) is 6.54 Å². The van der Waals surface area contributed by atoms with Gasteiger partial charge < -0.3 is 14.5 Å². The monoisotopic (exact) mass is 400 g/mol. The summed E-state index contributed by atoms with van der Waals surface area (Å²) in [6, 6.07) is -0.673. The van der Waals surface area contributed by atoms with Gasteiger partial charge in [-0.2, -0.15) is 0 Å². The van der Waals surface area contributed by atoms with E-state index in [1.165, 1.54) is 4.90 Å². The summed E-state index contributed by atoms with van der Waals surface area (Å²) in [5.74, 6) is -0.186. The van der Waals surface area contributed by atoms with Gasteiger partial charge in [-0.3, -0.25) is 9.69 Å². The van der Waals surface area contributed by atoms with E-state index >= 15 is 0 Å². The fourth-order valence-corrected chi connectivity index (χ4v) is 4.08. The molecule has 2 atom stereocenters. The Balaban J connectivity index is 3.13. The first-order valence-electron chi connectivity index (χ1n) is 9.83. The van der Waals surface area contributed by atoms with Crippen molar-refractivity contribution in [2.45, 2.75) is 110 Å². The molecule has 27 heavy (non-hydrogen) atoms. The topological polar surface area (TPSA) is 67.9 Å². The van der Waals surface area contributed by atoms with Crippen LogP contribution in [-0.4, -0.2) is 55.0 Å². The number of hydrogen-bond donors (Lipinski definition) is 1. The average Bonchev–Trinajstić information content (AvgIpc) is 2.76. The lowest BCUT2D eigenvalue weighted by Crippen LogP contribution is -2.57. The van der Waals surface area contributed by atoms with Crippen LogP contribution in [0.4, 0.5) is 4.79 Å². The van der Waals surface area contributed by atoms with Gasteiger partial charge in [-0.1, -0.05) is 20.8 Å². The molecule has 1 fully saturated rings. The van der Waals surface area contributed by atoms with Gasteiger partial charge in [-0.05, 0) is 66.1 Å². The molecule has 0 aromatic heterocycles. The quantitative estimate of drug-likeness (QED) is 0.717. The second-order valence-electron chi connectivity index (χ2n) is 11.1. The standard InChI is InChI=1S/C20H40N2O4Si/c1-18(2,3)21-16(23)15-14(26-27(10,11)20(7,8)9)12-13-22(15)17(24)25-19(4,5)6/h14-15H,12-13H2,1-11H3,(H,21,23)/t14-,15+/m1/s1. The van der Waals surface area contributed by atoms with Crippen LogP contribution in [0.15, 0.2) is 0 Å². The van der Waals surface area contributed by atoms with Gasteiger partial charge in [-0.25, -0.2) is 4.79 Å². The van der Waals surface area contributed by atoms with Crippen molar-refractivity contribution in [1.82, 2.24) is 10.2 Å². The highest BCUT2D eigenvalue weighted by molar-refractivity contribution is 6.74. The number of carbonyl (C=O) groups excluding carboxylic acids is 2. The summed E-state index contributed by atoms with van der Waals surface area (Å²) >= 11 is 0. The van der Waals surface area contributed by atoms with Gasteiger partial charge in [0.1, 0.15) is 11.6 Å². The molecule has 158 valence electrons. The van der Waals surface area contributed by atoms with Gasteiger partial charge in [0.15, 0.2) is 8.32 Å². The third-order valence-electron chi connectivity index (χ3n) is 4.99. The minimum atomic E-state index is -2.09. The molecule has 7 heteroatoms. The summed E-state index contributed by atoms with van der Waals surface area (Å²) in [7, 11) is -2.09. The molecule has 1 aliphatic rings. The molecular formula is C20H40N2O4Si. The number of likely N-dealkylation sites (tertiary alicyclic amines) is 1. The van der Waals surface area contributed by atoms with Gasteiger partial charge in [0, 0.05) is 12.1 Å². The summed E-state index contributed by atoms with van der Waals surface area (Å²) in [6.45, 7) is 22.6.